The molecule has 47 heavy (non-hydrogen) atoms. The fraction of sp³-hybridized carbons (Fsp3) is 0. The van der Waals surface area contributed by atoms with Crippen molar-refractivity contribution in [2.24, 2.45) is 0 Å². The molecule has 218 valence electrons. The van der Waals surface area contributed by atoms with E-state index in [2.05, 4.69) is 170 Å². The van der Waals surface area contributed by atoms with Crippen LogP contribution in [0.5, 0.6) is 0 Å². The van der Waals surface area contributed by atoms with Crippen molar-refractivity contribution >= 4 is 74.6 Å². The zero-order valence-electron chi connectivity index (χ0n) is 25.6. The quantitative estimate of drug-likeness (QED) is 0.174. The molecule has 0 atom stereocenters. The molecular formula is C46H28S. The summed E-state index contributed by atoms with van der Waals surface area (Å²) < 4.78 is 2.71. The van der Waals surface area contributed by atoms with Gasteiger partial charge < -0.3 is 0 Å². The Labute approximate surface area is 276 Å². The van der Waals surface area contributed by atoms with Gasteiger partial charge in [0.2, 0.25) is 0 Å². The van der Waals surface area contributed by atoms with E-state index >= 15 is 0 Å². The topological polar surface area (TPSA) is 0 Å². The van der Waals surface area contributed by atoms with E-state index in [1.165, 1.54) is 96.6 Å². The van der Waals surface area contributed by atoms with E-state index in [0.29, 0.717) is 0 Å². The molecule has 1 heteroatoms. The molecule has 1 heterocycles. The largest absolute Gasteiger partial charge is 0.134 e. The first-order valence-corrected chi connectivity index (χ1v) is 17.0. The minimum atomic E-state index is 1.25. The summed E-state index contributed by atoms with van der Waals surface area (Å²) in [5.41, 5.74) is 7.68. The molecule has 0 aliphatic carbocycles. The Balaban J connectivity index is 1.27. The van der Waals surface area contributed by atoms with Crippen molar-refractivity contribution in [1.29, 1.82) is 0 Å². The van der Waals surface area contributed by atoms with Crippen LogP contribution in [0.2, 0.25) is 0 Å². The second-order valence-corrected chi connectivity index (χ2v) is 13.4. The smallest absolute Gasteiger partial charge is 0.0434 e. The van der Waals surface area contributed by atoms with Crippen LogP contribution in [0.3, 0.4) is 0 Å². The van der Waals surface area contributed by atoms with Gasteiger partial charge in [0.1, 0.15) is 0 Å². The van der Waals surface area contributed by atoms with Crippen molar-refractivity contribution in [3.63, 3.8) is 0 Å². The Morgan fingerprint density at radius 1 is 0.255 bits per heavy atom. The molecule has 0 aliphatic heterocycles. The minimum Gasteiger partial charge on any atom is -0.134 e. The molecule has 9 aromatic carbocycles. The number of thiophene rings is 1. The van der Waals surface area contributed by atoms with Crippen molar-refractivity contribution in [3.8, 4) is 33.4 Å². The van der Waals surface area contributed by atoms with E-state index in [-0.39, 0.29) is 0 Å². The summed E-state index contributed by atoms with van der Waals surface area (Å²) in [5, 5.41) is 13.0. The molecule has 1 aromatic heterocycles. The highest BCUT2D eigenvalue weighted by molar-refractivity contribution is 7.27. The van der Waals surface area contributed by atoms with Gasteiger partial charge in [-0.2, -0.15) is 0 Å². The van der Waals surface area contributed by atoms with Gasteiger partial charge in [0.05, 0.1) is 0 Å². The lowest BCUT2D eigenvalue weighted by Gasteiger charge is -2.19. The second kappa shape index (κ2) is 10.4. The Morgan fingerprint density at radius 3 is 1.47 bits per heavy atom. The summed E-state index contributed by atoms with van der Waals surface area (Å²) in [7, 11) is 0. The summed E-state index contributed by atoms with van der Waals surface area (Å²) in [6.07, 6.45) is 0. The average Bonchev–Trinajstić information content (AvgIpc) is 3.54. The van der Waals surface area contributed by atoms with E-state index < -0.39 is 0 Å². The third kappa shape index (κ3) is 3.94. The molecule has 0 unspecified atom stereocenters. The normalized spacial score (nSPS) is 11.8. The van der Waals surface area contributed by atoms with Crippen LogP contribution in [0, 0.1) is 0 Å². The molecule has 10 aromatic rings. The van der Waals surface area contributed by atoms with Gasteiger partial charge in [0.15, 0.2) is 0 Å². The lowest BCUT2D eigenvalue weighted by molar-refractivity contribution is 1.66. The molecule has 0 radical (unpaired) electrons. The van der Waals surface area contributed by atoms with Crippen LogP contribution >= 0.6 is 11.3 Å². The Morgan fingerprint density at radius 2 is 0.766 bits per heavy atom. The fourth-order valence-electron chi connectivity index (χ4n) is 7.82. The first-order chi connectivity index (χ1) is 23.3. The zero-order chi connectivity index (χ0) is 30.9. The third-order valence-electron chi connectivity index (χ3n) is 9.87. The number of rotatable bonds is 3. The van der Waals surface area contributed by atoms with E-state index in [1.54, 1.807) is 0 Å². The van der Waals surface area contributed by atoms with Gasteiger partial charge in [-0.25, -0.2) is 0 Å². The van der Waals surface area contributed by atoms with E-state index in [0.717, 1.165) is 0 Å². The average molecular weight is 613 g/mol. The second-order valence-electron chi connectivity index (χ2n) is 12.4. The summed E-state index contributed by atoms with van der Waals surface area (Å²) in [6.45, 7) is 0. The maximum absolute atomic E-state index is 2.37. The van der Waals surface area contributed by atoms with Crippen LogP contribution in [0.25, 0.3) is 96.6 Å². The van der Waals surface area contributed by atoms with Crippen molar-refractivity contribution in [3.05, 3.63) is 170 Å². The molecule has 10 rings (SSSR count). The summed E-state index contributed by atoms with van der Waals surface area (Å²) in [5.74, 6) is 0. The first-order valence-electron chi connectivity index (χ1n) is 16.2. The van der Waals surface area contributed by atoms with Gasteiger partial charge in [-0.05, 0) is 70.9 Å². The van der Waals surface area contributed by atoms with Crippen molar-refractivity contribution < 1.29 is 0 Å². The van der Waals surface area contributed by atoms with Gasteiger partial charge in [0, 0.05) is 25.7 Å². The predicted molar refractivity (Wildman–Crippen MR) is 206 cm³/mol. The van der Waals surface area contributed by atoms with Crippen LogP contribution in [0.1, 0.15) is 0 Å². The minimum absolute atomic E-state index is 1.25. The number of benzene rings is 9. The highest BCUT2D eigenvalue weighted by Gasteiger charge is 2.20. The molecule has 0 bridgehead atoms. The van der Waals surface area contributed by atoms with Crippen LogP contribution in [-0.2, 0) is 0 Å². The van der Waals surface area contributed by atoms with Gasteiger partial charge in [0.25, 0.3) is 0 Å². The van der Waals surface area contributed by atoms with E-state index in [9.17, 15) is 0 Å². The van der Waals surface area contributed by atoms with Gasteiger partial charge in [-0.3, -0.25) is 0 Å². The fourth-order valence-corrected chi connectivity index (χ4v) is 9.19. The lowest BCUT2D eigenvalue weighted by Crippen LogP contribution is -1.92. The zero-order valence-corrected chi connectivity index (χ0v) is 26.4. The predicted octanol–water partition coefficient (Wildman–Crippen LogP) is 13.7. The molecule has 0 fully saturated rings. The van der Waals surface area contributed by atoms with Crippen molar-refractivity contribution in [2.45, 2.75) is 0 Å². The third-order valence-corrected chi connectivity index (χ3v) is 11.2. The summed E-state index contributed by atoms with van der Waals surface area (Å²) in [4.78, 5) is 0. The monoisotopic (exact) mass is 612 g/mol. The number of fused-ring (bicyclic) bond motifs is 8. The Kier molecular flexibility index (Phi) is 5.85. The highest BCUT2D eigenvalue weighted by atomic mass is 32.1. The van der Waals surface area contributed by atoms with Crippen LogP contribution in [0.15, 0.2) is 170 Å². The molecule has 0 spiro atoms. The molecular weight excluding hydrogens is 585 g/mol. The van der Waals surface area contributed by atoms with Crippen molar-refractivity contribution in [2.75, 3.05) is 0 Å². The lowest BCUT2D eigenvalue weighted by atomic mass is 9.84. The number of hydrogen-bond donors (Lipinski definition) is 0. The van der Waals surface area contributed by atoms with Gasteiger partial charge >= 0.3 is 0 Å². The van der Waals surface area contributed by atoms with Gasteiger partial charge in [-0.15, -0.1) is 11.3 Å². The molecule has 0 aliphatic rings. The summed E-state index contributed by atoms with van der Waals surface area (Å²) in [6, 6.07) is 62.6. The maximum Gasteiger partial charge on any atom is 0.0434 e. The van der Waals surface area contributed by atoms with Crippen molar-refractivity contribution in [1.82, 2.24) is 0 Å². The molecule has 0 amide bonds. The van der Waals surface area contributed by atoms with Crippen LogP contribution in [0.4, 0.5) is 0 Å². The Bertz CT molecular complexity index is 2780. The van der Waals surface area contributed by atoms with Crippen LogP contribution in [-0.4, -0.2) is 0 Å². The van der Waals surface area contributed by atoms with E-state index in [1.807, 2.05) is 11.3 Å². The van der Waals surface area contributed by atoms with E-state index in [4.69, 9.17) is 0 Å². The molecule has 0 saturated heterocycles. The van der Waals surface area contributed by atoms with Gasteiger partial charge in [-0.1, -0.05) is 170 Å². The Hall–Kier alpha value is -5.76. The molecule has 0 nitrogen and oxygen atoms in total. The number of hydrogen-bond acceptors (Lipinski definition) is 1. The first kappa shape index (κ1) is 26.5. The summed E-state index contributed by atoms with van der Waals surface area (Å²) >= 11 is 1.92. The molecule has 0 N–H and O–H groups in total. The highest BCUT2D eigenvalue weighted by Crippen LogP contribution is 2.48. The standard InChI is InChI=1S/C46H28S/c1-2-14-30(15-3-1)43-35-19-8-10-21-37(35)44(38-22-11-9-20-36(38)43)39-28-27-34(32-17-6-7-18-33(32)39)40-23-12-24-41-42-26-25-29-13-4-5-16-31(29)45(42)47-46(40)41/h1-28H. The molecule has 0 saturated carbocycles. The maximum atomic E-state index is 2.37. The SMILES string of the molecule is c1ccc(-c2c3ccccc3c(-c3ccc(-c4cccc5c4sc4c6ccccc6ccc54)c4ccccc34)c3ccccc23)cc1. The van der Waals surface area contributed by atoms with Crippen LogP contribution < -0.4 is 0 Å².